The van der Waals surface area contributed by atoms with Gasteiger partial charge in [0.05, 0.1) is 6.54 Å². The quantitative estimate of drug-likeness (QED) is 0.780. The van der Waals surface area contributed by atoms with E-state index < -0.39 is 5.97 Å². The summed E-state index contributed by atoms with van der Waals surface area (Å²) in [6, 6.07) is 2.00. The third kappa shape index (κ3) is 5.64. The highest BCUT2D eigenvalue weighted by Gasteiger charge is 2.10. The van der Waals surface area contributed by atoms with Crippen LogP contribution in [0.25, 0.3) is 0 Å². The number of nitrogens with zero attached hydrogens (tertiary/aromatic N) is 1. The Morgan fingerprint density at radius 3 is 2.61 bits per heavy atom. The minimum absolute atomic E-state index is 0.0601. The van der Waals surface area contributed by atoms with Crippen LogP contribution >= 0.6 is 27.3 Å². The van der Waals surface area contributed by atoms with E-state index in [0.717, 1.165) is 9.35 Å². The second-order valence-corrected chi connectivity index (χ2v) is 5.99. The number of thiophene rings is 1. The maximum atomic E-state index is 11.8. The number of amides is 1. The van der Waals surface area contributed by atoms with E-state index in [9.17, 15) is 9.59 Å². The van der Waals surface area contributed by atoms with Gasteiger partial charge in [-0.15, -0.1) is 11.3 Å². The van der Waals surface area contributed by atoms with Crippen LogP contribution in [0.1, 0.15) is 30.6 Å². The summed E-state index contributed by atoms with van der Waals surface area (Å²) in [6.45, 7) is 0.605. The number of hydrogen-bond donors (Lipinski definition) is 1. The fourth-order valence-electron chi connectivity index (χ4n) is 1.50. The van der Waals surface area contributed by atoms with E-state index in [1.165, 1.54) is 0 Å². The number of rotatable bonds is 7. The Morgan fingerprint density at radius 1 is 1.39 bits per heavy atom. The van der Waals surface area contributed by atoms with Gasteiger partial charge >= 0.3 is 5.97 Å². The van der Waals surface area contributed by atoms with E-state index in [-0.39, 0.29) is 12.3 Å². The molecule has 0 radical (unpaired) electrons. The molecular formula is C12H16BrNO3S. The number of carbonyl (C=O) groups is 2. The predicted molar refractivity (Wildman–Crippen MR) is 74.6 cm³/mol. The van der Waals surface area contributed by atoms with Gasteiger partial charge in [-0.05, 0) is 34.8 Å². The Balaban J connectivity index is 2.26. The van der Waals surface area contributed by atoms with Gasteiger partial charge in [-0.3, -0.25) is 9.59 Å². The molecule has 0 fully saturated rings. The van der Waals surface area contributed by atoms with Gasteiger partial charge in [-0.1, -0.05) is 0 Å². The van der Waals surface area contributed by atoms with E-state index in [0.29, 0.717) is 25.8 Å². The minimum atomic E-state index is -0.806. The van der Waals surface area contributed by atoms with Crippen LogP contribution in [-0.4, -0.2) is 28.9 Å². The van der Waals surface area contributed by atoms with Gasteiger partial charge in [0.2, 0.25) is 5.91 Å². The number of carboxylic acids is 1. The van der Waals surface area contributed by atoms with Crippen LogP contribution in [-0.2, 0) is 16.1 Å². The summed E-state index contributed by atoms with van der Waals surface area (Å²) in [7, 11) is 1.77. The highest BCUT2D eigenvalue weighted by molar-refractivity contribution is 9.10. The molecule has 0 saturated heterocycles. The van der Waals surface area contributed by atoms with Gasteiger partial charge in [0, 0.05) is 34.6 Å². The van der Waals surface area contributed by atoms with E-state index in [1.807, 2.05) is 11.4 Å². The molecule has 4 nitrogen and oxygen atoms in total. The van der Waals surface area contributed by atoms with Crippen LogP contribution in [0.5, 0.6) is 0 Å². The van der Waals surface area contributed by atoms with Gasteiger partial charge in [-0.25, -0.2) is 0 Å². The minimum Gasteiger partial charge on any atom is -0.481 e. The Bertz CT molecular complexity index is 419. The Hall–Kier alpha value is -0.880. The lowest BCUT2D eigenvalue weighted by Crippen LogP contribution is -2.25. The van der Waals surface area contributed by atoms with Crippen molar-refractivity contribution in [3.63, 3.8) is 0 Å². The second-order valence-electron chi connectivity index (χ2n) is 4.08. The first-order chi connectivity index (χ1) is 8.49. The summed E-state index contributed by atoms with van der Waals surface area (Å²) in [5.41, 5.74) is 0. The summed E-state index contributed by atoms with van der Waals surface area (Å²) in [5, 5.41) is 10.5. The van der Waals surface area contributed by atoms with Crippen molar-refractivity contribution >= 4 is 39.1 Å². The second kappa shape index (κ2) is 7.53. The molecule has 1 aromatic heterocycles. The molecule has 1 N–H and O–H groups in total. The lowest BCUT2D eigenvalue weighted by molar-refractivity contribution is -0.137. The Morgan fingerprint density at radius 2 is 2.06 bits per heavy atom. The van der Waals surface area contributed by atoms with Crippen LogP contribution in [0.4, 0.5) is 0 Å². The lowest BCUT2D eigenvalue weighted by atomic mass is 10.2. The smallest absolute Gasteiger partial charge is 0.303 e. The third-order valence-corrected chi connectivity index (χ3v) is 4.15. The maximum Gasteiger partial charge on any atom is 0.303 e. The van der Waals surface area contributed by atoms with Crippen LogP contribution in [0, 0.1) is 0 Å². The van der Waals surface area contributed by atoms with Crippen molar-refractivity contribution < 1.29 is 14.7 Å². The number of hydrogen-bond acceptors (Lipinski definition) is 3. The van der Waals surface area contributed by atoms with Crippen LogP contribution in [0.3, 0.4) is 0 Å². The molecule has 6 heteroatoms. The van der Waals surface area contributed by atoms with E-state index >= 15 is 0 Å². The predicted octanol–water partition coefficient (Wildman–Crippen LogP) is 3.11. The summed E-state index contributed by atoms with van der Waals surface area (Å²) >= 11 is 4.98. The fraction of sp³-hybridized carbons (Fsp3) is 0.500. The van der Waals surface area contributed by atoms with Crippen molar-refractivity contribution in [2.45, 2.75) is 32.2 Å². The van der Waals surface area contributed by atoms with E-state index in [2.05, 4.69) is 15.9 Å². The summed E-state index contributed by atoms with van der Waals surface area (Å²) < 4.78 is 1.03. The molecule has 0 spiro atoms. The average Bonchev–Trinajstić information content (AvgIpc) is 2.69. The standard InChI is InChI=1S/C12H16BrNO3S/c1-14(7-10-6-9(13)8-18-10)11(15)4-2-3-5-12(16)17/h6,8H,2-5,7H2,1H3,(H,16,17). The van der Waals surface area contributed by atoms with Gasteiger partial charge in [-0.2, -0.15) is 0 Å². The third-order valence-electron chi connectivity index (χ3n) is 2.47. The molecule has 1 rings (SSSR count). The van der Waals surface area contributed by atoms with Crippen molar-refractivity contribution in [3.8, 4) is 0 Å². The van der Waals surface area contributed by atoms with Crippen molar-refractivity contribution in [1.82, 2.24) is 4.90 Å². The van der Waals surface area contributed by atoms with Gasteiger partial charge in [0.25, 0.3) is 0 Å². The molecule has 0 aliphatic carbocycles. The molecule has 1 aromatic rings. The van der Waals surface area contributed by atoms with Gasteiger partial charge in [0.1, 0.15) is 0 Å². The number of aliphatic carboxylic acids is 1. The summed E-state index contributed by atoms with van der Waals surface area (Å²) in [6.07, 6.45) is 1.73. The Labute approximate surface area is 119 Å². The molecule has 1 heterocycles. The number of halogens is 1. The normalized spacial score (nSPS) is 10.3. The van der Waals surface area contributed by atoms with Crippen LogP contribution in [0.2, 0.25) is 0 Å². The van der Waals surface area contributed by atoms with Crippen molar-refractivity contribution in [1.29, 1.82) is 0 Å². The highest BCUT2D eigenvalue weighted by atomic mass is 79.9. The monoisotopic (exact) mass is 333 g/mol. The van der Waals surface area contributed by atoms with Crippen molar-refractivity contribution in [3.05, 3.63) is 20.8 Å². The first-order valence-electron chi connectivity index (χ1n) is 5.67. The molecule has 0 unspecified atom stereocenters. The molecule has 100 valence electrons. The number of carboxylic acid groups (broad SMARTS) is 1. The Kier molecular flexibility index (Phi) is 6.35. The number of unbranched alkanes of at least 4 members (excludes halogenated alkanes) is 1. The van der Waals surface area contributed by atoms with Crippen LogP contribution in [0.15, 0.2) is 15.9 Å². The lowest BCUT2D eigenvalue weighted by Gasteiger charge is -2.15. The molecule has 18 heavy (non-hydrogen) atoms. The number of carbonyl (C=O) groups excluding carboxylic acids is 1. The van der Waals surface area contributed by atoms with Crippen molar-refractivity contribution in [2.75, 3.05) is 7.05 Å². The first kappa shape index (κ1) is 15.2. The molecule has 0 saturated carbocycles. The maximum absolute atomic E-state index is 11.8. The first-order valence-corrected chi connectivity index (χ1v) is 7.35. The SMILES string of the molecule is CN(Cc1cc(Br)cs1)C(=O)CCCCC(=O)O. The van der Waals surface area contributed by atoms with Crippen LogP contribution < -0.4 is 0 Å². The summed E-state index contributed by atoms with van der Waals surface area (Å²) in [4.78, 5) is 24.9. The highest BCUT2D eigenvalue weighted by Crippen LogP contribution is 2.21. The zero-order valence-electron chi connectivity index (χ0n) is 10.2. The molecule has 0 aromatic carbocycles. The van der Waals surface area contributed by atoms with E-state index in [1.54, 1.807) is 23.3 Å². The fourth-order valence-corrected chi connectivity index (χ4v) is 3.01. The van der Waals surface area contributed by atoms with Gasteiger partial charge in [0.15, 0.2) is 0 Å². The summed E-state index contributed by atoms with van der Waals surface area (Å²) in [5.74, 6) is -0.746. The molecule has 1 amide bonds. The zero-order chi connectivity index (χ0) is 13.5. The molecule has 0 bridgehead atoms. The average molecular weight is 334 g/mol. The zero-order valence-corrected chi connectivity index (χ0v) is 12.6. The molecule has 0 atom stereocenters. The largest absolute Gasteiger partial charge is 0.481 e. The molecular weight excluding hydrogens is 318 g/mol. The molecule has 0 aliphatic rings. The topological polar surface area (TPSA) is 57.6 Å². The van der Waals surface area contributed by atoms with Crippen molar-refractivity contribution in [2.24, 2.45) is 0 Å². The van der Waals surface area contributed by atoms with E-state index in [4.69, 9.17) is 5.11 Å². The van der Waals surface area contributed by atoms with Gasteiger partial charge < -0.3 is 10.0 Å². The molecule has 0 aliphatic heterocycles.